The van der Waals surface area contributed by atoms with Crippen molar-refractivity contribution in [2.75, 3.05) is 13.2 Å². The zero-order chi connectivity index (χ0) is 17.5. The van der Waals surface area contributed by atoms with Crippen molar-refractivity contribution in [3.63, 3.8) is 0 Å². The van der Waals surface area contributed by atoms with Crippen LogP contribution in [0, 0.1) is 0 Å². The minimum atomic E-state index is -1.02. The third-order valence-electron chi connectivity index (χ3n) is 3.27. The SMILES string of the molecule is CCOc1ccc(C(=Cc2ccc(Cl)cc2)C(=O)O)cc1OCC. The van der Waals surface area contributed by atoms with Gasteiger partial charge in [0.2, 0.25) is 0 Å². The average Bonchev–Trinajstić information content (AvgIpc) is 2.56. The number of hydrogen-bond donors (Lipinski definition) is 1. The second-order valence-corrected chi connectivity index (χ2v) is 5.38. The van der Waals surface area contributed by atoms with E-state index in [1.54, 1.807) is 48.5 Å². The molecule has 4 nitrogen and oxygen atoms in total. The van der Waals surface area contributed by atoms with Crippen molar-refractivity contribution >= 4 is 29.2 Å². The van der Waals surface area contributed by atoms with E-state index in [0.29, 0.717) is 35.3 Å². The number of carbonyl (C=O) groups is 1. The average molecular weight is 347 g/mol. The van der Waals surface area contributed by atoms with Gasteiger partial charge >= 0.3 is 5.97 Å². The van der Waals surface area contributed by atoms with E-state index in [2.05, 4.69) is 0 Å². The van der Waals surface area contributed by atoms with Crippen LogP contribution in [0.25, 0.3) is 11.6 Å². The first-order valence-electron chi connectivity index (χ1n) is 7.65. The smallest absolute Gasteiger partial charge is 0.336 e. The van der Waals surface area contributed by atoms with Crippen molar-refractivity contribution in [3.05, 3.63) is 58.6 Å². The van der Waals surface area contributed by atoms with Crippen LogP contribution < -0.4 is 9.47 Å². The highest BCUT2D eigenvalue weighted by atomic mass is 35.5. The summed E-state index contributed by atoms with van der Waals surface area (Å²) in [5.41, 5.74) is 1.47. The van der Waals surface area contributed by atoms with Crippen LogP contribution in [-0.2, 0) is 4.79 Å². The number of carboxylic acids is 1. The summed E-state index contributed by atoms with van der Waals surface area (Å²) in [6.07, 6.45) is 1.60. The third kappa shape index (κ3) is 4.52. The first-order valence-corrected chi connectivity index (χ1v) is 8.03. The molecule has 5 heteroatoms. The maximum Gasteiger partial charge on any atom is 0.336 e. The summed E-state index contributed by atoms with van der Waals surface area (Å²) in [6, 6.07) is 12.1. The Balaban J connectivity index is 2.45. The number of carboxylic acid groups (broad SMARTS) is 1. The molecule has 1 N–H and O–H groups in total. The molecule has 2 rings (SSSR count). The number of halogens is 1. The van der Waals surface area contributed by atoms with E-state index in [1.165, 1.54) is 0 Å². The van der Waals surface area contributed by atoms with Crippen LogP contribution in [0.4, 0.5) is 0 Å². The standard InChI is InChI=1S/C19H19ClO4/c1-3-23-17-10-7-14(12-18(17)24-4-2)16(19(21)22)11-13-5-8-15(20)9-6-13/h5-12H,3-4H2,1-2H3,(H,21,22). The summed E-state index contributed by atoms with van der Waals surface area (Å²) in [5.74, 6) is 0.107. The van der Waals surface area contributed by atoms with Gasteiger partial charge < -0.3 is 14.6 Å². The number of rotatable bonds is 7. The van der Waals surface area contributed by atoms with Gasteiger partial charge in [0, 0.05) is 5.02 Å². The Bertz CT molecular complexity index is 736. The molecule has 0 amide bonds. The number of benzene rings is 2. The van der Waals surface area contributed by atoms with Crippen molar-refractivity contribution in [1.82, 2.24) is 0 Å². The van der Waals surface area contributed by atoms with Crippen molar-refractivity contribution in [1.29, 1.82) is 0 Å². The van der Waals surface area contributed by atoms with Crippen LogP contribution in [-0.4, -0.2) is 24.3 Å². The van der Waals surface area contributed by atoms with Crippen LogP contribution in [0.2, 0.25) is 5.02 Å². The van der Waals surface area contributed by atoms with Gasteiger partial charge in [-0.3, -0.25) is 0 Å². The van der Waals surface area contributed by atoms with Gasteiger partial charge in [-0.2, -0.15) is 0 Å². The minimum Gasteiger partial charge on any atom is -0.490 e. The molecule has 0 saturated carbocycles. The van der Waals surface area contributed by atoms with E-state index >= 15 is 0 Å². The molecule has 2 aromatic carbocycles. The summed E-state index contributed by atoms with van der Waals surface area (Å²) in [6.45, 7) is 4.72. The molecule has 0 aliphatic rings. The Morgan fingerprint density at radius 1 is 1.04 bits per heavy atom. The van der Waals surface area contributed by atoms with Crippen molar-refractivity contribution < 1.29 is 19.4 Å². The van der Waals surface area contributed by atoms with Crippen molar-refractivity contribution in [3.8, 4) is 11.5 Å². The summed E-state index contributed by atoms with van der Waals surface area (Å²) in [4.78, 5) is 11.7. The monoisotopic (exact) mass is 346 g/mol. The Labute approximate surface area is 146 Å². The van der Waals surface area contributed by atoms with Crippen LogP contribution in [0.3, 0.4) is 0 Å². The second kappa shape index (κ2) is 8.41. The fourth-order valence-electron chi connectivity index (χ4n) is 2.21. The first kappa shape index (κ1) is 17.9. The molecule has 0 saturated heterocycles. The molecule has 0 aliphatic heterocycles. The topological polar surface area (TPSA) is 55.8 Å². The summed E-state index contributed by atoms with van der Waals surface area (Å²) >= 11 is 5.86. The molecule has 0 fully saturated rings. The molecule has 0 bridgehead atoms. The van der Waals surface area contributed by atoms with E-state index in [4.69, 9.17) is 21.1 Å². The van der Waals surface area contributed by atoms with Gasteiger partial charge in [0.25, 0.3) is 0 Å². The molecular formula is C19H19ClO4. The van der Waals surface area contributed by atoms with Gasteiger partial charge in [0.1, 0.15) is 0 Å². The quantitative estimate of drug-likeness (QED) is 0.580. The number of aliphatic carboxylic acids is 1. The van der Waals surface area contributed by atoms with E-state index in [-0.39, 0.29) is 5.57 Å². The fraction of sp³-hybridized carbons (Fsp3) is 0.211. The Morgan fingerprint density at radius 2 is 1.67 bits per heavy atom. The molecule has 24 heavy (non-hydrogen) atoms. The summed E-state index contributed by atoms with van der Waals surface area (Å²) in [5, 5.41) is 10.2. The lowest BCUT2D eigenvalue weighted by molar-refractivity contribution is -0.130. The van der Waals surface area contributed by atoms with E-state index in [1.807, 2.05) is 13.8 Å². The number of ether oxygens (including phenoxy) is 2. The van der Waals surface area contributed by atoms with Gasteiger partial charge in [-0.25, -0.2) is 4.79 Å². The van der Waals surface area contributed by atoms with E-state index in [0.717, 1.165) is 5.56 Å². The van der Waals surface area contributed by atoms with Gasteiger partial charge in [-0.1, -0.05) is 29.8 Å². The molecule has 126 valence electrons. The van der Waals surface area contributed by atoms with Gasteiger partial charge in [0.05, 0.1) is 18.8 Å². The highest BCUT2D eigenvalue weighted by molar-refractivity contribution is 6.30. The number of hydrogen-bond acceptors (Lipinski definition) is 3. The molecule has 0 spiro atoms. The summed E-state index contributed by atoms with van der Waals surface area (Å²) in [7, 11) is 0. The van der Waals surface area contributed by atoms with Crippen molar-refractivity contribution in [2.24, 2.45) is 0 Å². The maximum atomic E-state index is 11.7. The largest absolute Gasteiger partial charge is 0.490 e. The van der Waals surface area contributed by atoms with Crippen LogP contribution >= 0.6 is 11.6 Å². The second-order valence-electron chi connectivity index (χ2n) is 4.94. The lowest BCUT2D eigenvalue weighted by atomic mass is 10.0. The zero-order valence-electron chi connectivity index (χ0n) is 13.6. The third-order valence-corrected chi connectivity index (χ3v) is 3.52. The lowest BCUT2D eigenvalue weighted by Crippen LogP contribution is -2.03. The first-order chi connectivity index (χ1) is 11.5. The molecule has 0 aliphatic carbocycles. The van der Waals surface area contributed by atoms with Crippen LogP contribution in [0.5, 0.6) is 11.5 Å². The molecule has 0 heterocycles. The summed E-state index contributed by atoms with van der Waals surface area (Å²) < 4.78 is 11.1. The van der Waals surface area contributed by atoms with Gasteiger partial charge in [-0.15, -0.1) is 0 Å². The van der Waals surface area contributed by atoms with Crippen molar-refractivity contribution in [2.45, 2.75) is 13.8 Å². The molecule has 2 aromatic rings. The molecule has 0 radical (unpaired) electrons. The fourth-order valence-corrected chi connectivity index (χ4v) is 2.34. The Morgan fingerprint density at radius 3 is 2.25 bits per heavy atom. The van der Waals surface area contributed by atoms with Gasteiger partial charge in [0.15, 0.2) is 11.5 Å². The molecule has 0 atom stereocenters. The Kier molecular flexibility index (Phi) is 6.27. The molecule has 0 unspecified atom stereocenters. The predicted molar refractivity (Wildman–Crippen MR) is 95.7 cm³/mol. The maximum absolute atomic E-state index is 11.7. The van der Waals surface area contributed by atoms with Crippen LogP contribution in [0.1, 0.15) is 25.0 Å². The predicted octanol–water partition coefficient (Wildman–Crippen LogP) is 4.76. The van der Waals surface area contributed by atoms with E-state index < -0.39 is 5.97 Å². The normalized spacial score (nSPS) is 11.2. The highest BCUT2D eigenvalue weighted by Crippen LogP contribution is 2.32. The molecule has 0 aromatic heterocycles. The minimum absolute atomic E-state index is 0.168. The lowest BCUT2D eigenvalue weighted by Gasteiger charge is -2.13. The van der Waals surface area contributed by atoms with Gasteiger partial charge in [-0.05, 0) is 55.3 Å². The molecular weight excluding hydrogens is 328 g/mol. The van der Waals surface area contributed by atoms with E-state index in [9.17, 15) is 9.90 Å². The Hall–Kier alpha value is -2.46. The van der Waals surface area contributed by atoms with Crippen LogP contribution in [0.15, 0.2) is 42.5 Å². The highest BCUT2D eigenvalue weighted by Gasteiger charge is 2.14. The zero-order valence-corrected chi connectivity index (χ0v) is 14.3.